The summed E-state index contributed by atoms with van der Waals surface area (Å²) in [5, 5.41) is 15.5. The highest BCUT2D eigenvalue weighted by Gasteiger charge is 2.16. The normalized spacial score (nSPS) is 11.4. The summed E-state index contributed by atoms with van der Waals surface area (Å²) in [6.45, 7) is 2.40. The van der Waals surface area contributed by atoms with E-state index in [2.05, 4.69) is 20.9 Å². The zero-order valence-corrected chi connectivity index (χ0v) is 22.6. The number of hydrogen-bond acceptors (Lipinski definition) is 7. The molecule has 8 nitrogen and oxygen atoms in total. The van der Waals surface area contributed by atoms with Crippen molar-refractivity contribution in [2.45, 2.75) is 19.8 Å². The molecular formula is C28H26FN5O3S2. The first-order valence-electron chi connectivity index (χ1n) is 12.1. The summed E-state index contributed by atoms with van der Waals surface area (Å²) in [5.41, 5.74) is 1.75. The van der Waals surface area contributed by atoms with Crippen LogP contribution < -0.4 is 20.7 Å². The third-order valence-electron chi connectivity index (χ3n) is 5.60. The highest BCUT2D eigenvalue weighted by molar-refractivity contribution is 7.80. The SMILES string of the molecule is C[C@@H](CC=N)CNC(=O)c1cc2nccc(Oc3ccc(NC(=S)NC(=O)Cc4ccccc4)cc3F)c2s1. The van der Waals surface area contributed by atoms with Crippen LogP contribution in [0.2, 0.25) is 0 Å². The topological polar surface area (TPSA) is 116 Å². The second kappa shape index (κ2) is 13.0. The van der Waals surface area contributed by atoms with E-state index in [0.717, 1.165) is 5.56 Å². The molecule has 11 heteroatoms. The van der Waals surface area contributed by atoms with Gasteiger partial charge in [-0.1, -0.05) is 37.3 Å². The van der Waals surface area contributed by atoms with E-state index in [1.807, 2.05) is 37.3 Å². The minimum atomic E-state index is -0.641. The van der Waals surface area contributed by atoms with Crippen molar-refractivity contribution >= 4 is 62.6 Å². The number of aromatic nitrogens is 1. The van der Waals surface area contributed by atoms with E-state index in [-0.39, 0.29) is 35.0 Å². The van der Waals surface area contributed by atoms with Gasteiger partial charge in [-0.15, -0.1) is 11.3 Å². The van der Waals surface area contributed by atoms with Gasteiger partial charge in [0.1, 0.15) is 5.75 Å². The molecule has 2 aromatic carbocycles. The Kier molecular flexibility index (Phi) is 9.29. The Bertz CT molecular complexity index is 1510. The minimum absolute atomic E-state index is 0.0213. The Balaban J connectivity index is 1.39. The fraction of sp³-hybridized carbons (Fsp3) is 0.179. The quantitative estimate of drug-likeness (QED) is 0.146. The lowest BCUT2D eigenvalue weighted by molar-refractivity contribution is -0.119. The van der Waals surface area contributed by atoms with Crippen LogP contribution in [0.4, 0.5) is 10.1 Å². The number of carbonyl (C=O) groups excluding carboxylic acids is 2. The third-order valence-corrected chi connectivity index (χ3v) is 6.94. The van der Waals surface area contributed by atoms with E-state index >= 15 is 0 Å². The molecule has 2 amide bonds. The molecule has 0 unspecified atom stereocenters. The van der Waals surface area contributed by atoms with E-state index in [0.29, 0.717) is 39.5 Å². The number of pyridine rings is 1. The van der Waals surface area contributed by atoms with Crippen molar-refractivity contribution < 1.29 is 18.7 Å². The van der Waals surface area contributed by atoms with Crippen molar-refractivity contribution in [2.24, 2.45) is 5.92 Å². The second-order valence-electron chi connectivity index (χ2n) is 8.80. The molecule has 0 saturated heterocycles. The van der Waals surface area contributed by atoms with Crippen LogP contribution in [-0.2, 0) is 11.2 Å². The summed E-state index contributed by atoms with van der Waals surface area (Å²) in [4.78, 5) is 29.6. The van der Waals surface area contributed by atoms with Gasteiger partial charge in [-0.05, 0) is 54.5 Å². The van der Waals surface area contributed by atoms with Gasteiger partial charge in [0.05, 0.1) is 21.5 Å². The van der Waals surface area contributed by atoms with E-state index in [1.165, 1.54) is 35.9 Å². The Hall–Kier alpha value is -4.22. The lowest BCUT2D eigenvalue weighted by Gasteiger charge is -2.12. The monoisotopic (exact) mass is 563 g/mol. The van der Waals surface area contributed by atoms with Crippen LogP contribution >= 0.6 is 23.6 Å². The molecular weight excluding hydrogens is 537 g/mol. The first-order chi connectivity index (χ1) is 18.8. The molecule has 39 heavy (non-hydrogen) atoms. The Morgan fingerprint density at radius 2 is 1.95 bits per heavy atom. The van der Waals surface area contributed by atoms with Gasteiger partial charge in [0.25, 0.3) is 5.91 Å². The number of hydrogen-bond donors (Lipinski definition) is 4. The number of nitrogens with zero attached hydrogens (tertiary/aromatic N) is 1. The van der Waals surface area contributed by atoms with Gasteiger partial charge in [0.15, 0.2) is 16.7 Å². The molecule has 200 valence electrons. The van der Waals surface area contributed by atoms with Gasteiger partial charge < -0.3 is 26.1 Å². The number of halogens is 1. The minimum Gasteiger partial charge on any atom is -0.453 e. The van der Waals surface area contributed by atoms with E-state index in [4.69, 9.17) is 22.4 Å². The van der Waals surface area contributed by atoms with Crippen molar-refractivity contribution in [2.75, 3.05) is 11.9 Å². The Morgan fingerprint density at radius 1 is 1.15 bits per heavy atom. The lowest BCUT2D eigenvalue weighted by Crippen LogP contribution is -2.35. The smallest absolute Gasteiger partial charge is 0.261 e. The largest absolute Gasteiger partial charge is 0.453 e. The van der Waals surface area contributed by atoms with E-state index < -0.39 is 5.82 Å². The van der Waals surface area contributed by atoms with Crippen LogP contribution in [0.25, 0.3) is 10.2 Å². The van der Waals surface area contributed by atoms with Gasteiger partial charge >= 0.3 is 0 Å². The van der Waals surface area contributed by atoms with Crippen LogP contribution in [-0.4, -0.2) is 34.7 Å². The van der Waals surface area contributed by atoms with Gasteiger partial charge in [0.2, 0.25) is 5.91 Å². The maximum absolute atomic E-state index is 14.9. The average Bonchev–Trinajstić information content (AvgIpc) is 3.35. The van der Waals surface area contributed by atoms with Gasteiger partial charge in [-0.3, -0.25) is 14.6 Å². The van der Waals surface area contributed by atoms with Crippen molar-refractivity contribution in [1.82, 2.24) is 15.6 Å². The van der Waals surface area contributed by atoms with Crippen LogP contribution in [0.5, 0.6) is 11.5 Å². The maximum Gasteiger partial charge on any atom is 0.261 e. The molecule has 4 N–H and O–H groups in total. The molecule has 2 aromatic heterocycles. The van der Waals surface area contributed by atoms with Crippen molar-refractivity contribution in [3.05, 3.63) is 83.1 Å². The lowest BCUT2D eigenvalue weighted by atomic mass is 10.1. The zero-order valence-electron chi connectivity index (χ0n) is 21.0. The van der Waals surface area contributed by atoms with Gasteiger partial charge in [-0.25, -0.2) is 4.39 Å². The molecule has 4 aromatic rings. The fourth-order valence-corrected chi connectivity index (χ4v) is 4.85. The van der Waals surface area contributed by atoms with E-state index in [1.54, 1.807) is 18.2 Å². The van der Waals surface area contributed by atoms with Crippen molar-refractivity contribution in [3.8, 4) is 11.5 Å². The molecule has 0 aliphatic heterocycles. The number of fused-ring (bicyclic) bond motifs is 1. The maximum atomic E-state index is 14.9. The predicted octanol–water partition coefficient (Wildman–Crippen LogP) is 5.69. The summed E-state index contributed by atoms with van der Waals surface area (Å²) < 4.78 is 21.4. The number of ether oxygens (including phenoxy) is 1. The molecule has 0 aliphatic carbocycles. The second-order valence-corrected chi connectivity index (χ2v) is 10.3. The molecule has 0 fully saturated rings. The molecule has 0 bridgehead atoms. The molecule has 0 radical (unpaired) electrons. The summed E-state index contributed by atoms with van der Waals surface area (Å²) in [7, 11) is 0. The molecule has 0 saturated carbocycles. The highest BCUT2D eigenvalue weighted by Crippen LogP contribution is 2.36. The summed E-state index contributed by atoms with van der Waals surface area (Å²) in [6.07, 6.45) is 3.61. The van der Waals surface area contributed by atoms with Crippen LogP contribution in [0.15, 0.2) is 66.9 Å². The number of rotatable bonds is 10. The van der Waals surface area contributed by atoms with Crippen molar-refractivity contribution in [1.29, 1.82) is 5.41 Å². The zero-order chi connectivity index (χ0) is 27.8. The van der Waals surface area contributed by atoms with Crippen molar-refractivity contribution in [3.63, 3.8) is 0 Å². The summed E-state index contributed by atoms with van der Waals surface area (Å²) in [5.74, 6) is -0.673. The number of benzene rings is 2. The average molecular weight is 564 g/mol. The van der Waals surface area contributed by atoms with Crippen LogP contribution in [0, 0.1) is 17.1 Å². The highest BCUT2D eigenvalue weighted by atomic mass is 32.1. The number of nitrogens with one attached hydrogen (secondary N) is 4. The Labute approximate surface area is 234 Å². The number of thiophene rings is 1. The number of anilines is 1. The summed E-state index contributed by atoms with van der Waals surface area (Å²) >= 11 is 6.39. The van der Waals surface area contributed by atoms with Gasteiger partial charge in [-0.2, -0.15) is 0 Å². The van der Waals surface area contributed by atoms with Gasteiger partial charge in [0, 0.05) is 30.6 Å². The standard InChI is InChI=1S/C28H26FN5O3S2/c1-17(9-11-30)16-32-27(36)24-15-21-26(39-24)23(10-12-31-21)37-22-8-7-19(14-20(22)29)33-28(38)34-25(35)13-18-5-3-2-4-6-18/h2-8,10-12,14-15,17,30H,9,13,16H2,1H3,(H,32,36)(H2,33,34,35,38)/t17-/m0/s1. The summed E-state index contributed by atoms with van der Waals surface area (Å²) in [6, 6.07) is 16.8. The first-order valence-corrected chi connectivity index (χ1v) is 13.3. The molecule has 1 atom stereocenters. The Morgan fingerprint density at radius 3 is 2.69 bits per heavy atom. The number of thiocarbonyl (C=S) groups is 1. The molecule has 0 spiro atoms. The molecule has 2 heterocycles. The molecule has 4 rings (SSSR count). The third kappa shape index (κ3) is 7.65. The van der Waals surface area contributed by atoms with Crippen LogP contribution in [0.1, 0.15) is 28.6 Å². The number of amides is 2. The fourth-order valence-electron chi connectivity index (χ4n) is 3.64. The van der Waals surface area contributed by atoms with E-state index in [9.17, 15) is 14.0 Å². The van der Waals surface area contributed by atoms with Crippen LogP contribution in [0.3, 0.4) is 0 Å². The molecule has 0 aliphatic rings. The number of carbonyl (C=O) groups is 2. The predicted molar refractivity (Wildman–Crippen MR) is 156 cm³/mol. The first kappa shape index (κ1) is 27.8.